The number of halogens is 1. The Morgan fingerprint density at radius 3 is 2.58 bits per heavy atom. The summed E-state index contributed by atoms with van der Waals surface area (Å²) in [6.07, 6.45) is 4.06. The zero-order valence-corrected chi connectivity index (χ0v) is 11.8. The summed E-state index contributed by atoms with van der Waals surface area (Å²) in [5.74, 6) is 0.527. The maximum absolute atomic E-state index is 12.9. The van der Waals surface area contributed by atoms with E-state index in [-0.39, 0.29) is 18.0 Å². The predicted molar refractivity (Wildman–Crippen MR) is 75.3 cm³/mol. The Bertz CT molecular complexity index is 392. The number of rotatable bonds is 4. The van der Waals surface area contributed by atoms with Crippen molar-refractivity contribution in [1.29, 1.82) is 0 Å². The third-order valence-corrected chi connectivity index (χ3v) is 4.38. The molecule has 1 fully saturated rings. The van der Waals surface area contributed by atoms with Gasteiger partial charge in [-0.2, -0.15) is 0 Å². The van der Waals surface area contributed by atoms with Gasteiger partial charge in [-0.1, -0.05) is 25.5 Å². The van der Waals surface area contributed by atoms with Crippen molar-refractivity contribution in [2.75, 3.05) is 7.05 Å². The number of hydrogen-bond donors (Lipinski definition) is 1. The normalized spacial score (nSPS) is 27.7. The van der Waals surface area contributed by atoms with Gasteiger partial charge in [0.1, 0.15) is 5.82 Å². The second-order valence-corrected chi connectivity index (χ2v) is 5.76. The van der Waals surface area contributed by atoms with Gasteiger partial charge in [-0.3, -0.25) is 4.90 Å². The molecule has 0 aliphatic heterocycles. The van der Waals surface area contributed by atoms with Crippen LogP contribution in [-0.2, 0) is 6.54 Å². The molecule has 3 heteroatoms. The number of aliphatic hydroxyl groups is 1. The van der Waals surface area contributed by atoms with Crippen LogP contribution in [0, 0.1) is 11.7 Å². The molecule has 3 unspecified atom stereocenters. The molecule has 1 N–H and O–H groups in total. The SMILES string of the molecule is CCC1CCC(O)C(N(C)Cc2ccc(F)cc2)C1. The molecule has 1 aromatic carbocycles. The lowest BCUT2D eigenvalue weighted by molar-refractivity contribution is 0.0105. The van der Waals surface area contributed by atoms with Crippen molar-refractivity contribution in [3.63, 3.8) is 0 Å². The third-order valence-electron chi connectivity index (χ3n) is 4.38. The van der Waals surface area contributed by atoms with Crippen LogP contribution >= 0.6 is 0 Å². The van der Waals surface area contributed by atoms with Gasteiger partial charge in [0.25, 0.3) is 0 Å². The summed E-state index contributed by atoms with van der Waals surface area (Å²) in [6.45, 7) is 2.98. The zero-order chi connectivity index (χ0) is 13.8. The predicted octanol–water partition coefficient (Wildman–Crippen LogP) is 3.20. The largest absolute Gasteiger partial charge is 0.391 e. The molecule has 2 rings (SSSR count). The van der Waals surface area contributed by atoms with Crippen molar-refractivity contribution in [3.8, 4) is 0 Å². The van der Waals surface area contributed by atoms with Crippen LogP contribution in [0.3, 0.4) is 0 Å². The maximum atomic E-state index is 12.9. The summed E-state index contributed by atoms with van der Waals surface area (Å²) in [4.78, 5) is 2.21. The summed E-state index contributed by atoms with van der Waals surface area (Å²) < 4.78 is 12.9. The fourth-order valence-electron chi connectivity index (χ4n) is 3.05. The molecule has 0 heterocycles. The van der Waals surface area contributed by atoms with E-state index in [2.05, 4.69) is 18.9 Å². The van der Waals surface area contributed by atoms with Gasteiger partial charge in [0, 0.05) is 12.6 Å². The minimum Gasteiger partial charge on any atom is -0.391 e. The van der Waals surface area contributed by atoms with Gasteiger partial charge in [0.15, 0.2) is 0 Å². The quantitative estimate of drug-likeness (QED) is 0.903. The average molecular weight is 265 g/mol. The monoisotopic (exact) mass is 265 g/mol. The van der Waals surface area contributed by atoms with E-state index in [4.69, 9.17) is 0 Å². The van der Waals surface area contributed by atoms with Gasteiger partial charge in [0.2, 0.25) is 0 Å². The molecule has 1 aromatic rings. The van der Waals surface area contributed by atoms with Gasteiger partial charge >= 0.3 is 0 Å². The average Bonchev–Trinajstić information content (AvgIpc) is 2.42. The highest BCUT2D eigenvalue weighted by atomic mass is 19.1. The molecule has 1 aliphatic rings. The minimum absolute atomic E-state index is 0.199. The van der Waals surface area contributed by atoms with Crippen molar-refractivity contribution in [1.82, 2.24) is 4.90 Å². The highest BCUT2D eigenvalue weighted by Gasteiger charge is 2.30. The van der Waals surface area contributed by atoms with Crippen LogP contribution in [0.2, 0.25) is 0 Å². The first kappa shape index (κ1) is 14.5. The van der Waals surface area contributed by atoms with Crippen LogP contribution in [0.25, 0.3) is 0 Å². The smallest absolute Gasteiger partial charge is 0.123 e. The van der Waals surface area contributed by atoms with Crippen molar-refractivity contribution in [2.24, 2.45) is 5.92 Å². The number of aliphatic hydroxyl groups excluding tert-OH is 1. The lowest BCUT2D eigenvalue weighted by Crippen LogP contribution is -2.45. The fourth-order valence-corrected chi connectivity index (χ4v) is 3.05. The van der Waals surface area contributed by atoms with Crippen LogP contribution in [0.15, 0.2) is 24.3 Å². The molecule has 1 aliphatic carbocycles. The number of likely N-dealkylation sites (N-methyl/N-ethyl adjacent to an activating group) is 1. The number of hydrogen-bond acceptors (Lipinski definition) is 2. The molecule has 0 radical (unpaired) electrons. The van der Waals surface area contributed by atoms with Gasteiger partial charge < -0.3 is 5.11 Å². The van der Waals surface area contributed by atoms with Gasteiger partial charge in [-0.15, -0.1) is 0 Å². The van der Waals surface area contributed by atoms with Crippen LogP contribution in [0.1, 0.15) is 38.2 Å². The molecule has 2 nitrogen and oxygen atoms in total. The van der Waals surface area contributed by atoms with E-state index in [1.54, 1.807) is 0 Å². The number of nitrogens with zero attached hydrogens (tertiary/aromatic N) is 1. The van der Waals surface area contributed by atoms with Crippen LogP contribution in [0.4, 0.5) is 4.39 Å². The van der Waals surface area contributed by atoms with Crippen molar-refractivity contribution < 1.29 is 9.50 Å². The molecular formula is C16H24FNO. The van der Waals surface area contributed by atoms with E-state index < -0.39 is 0 Å². The molecule has 19 heavy (non-hydrogen) atoms. The van der Waals surface area contributed by atoms with E-state index in [1.165, 1.54) is 18.6 Å². The molecule has 0 saturated heterocycles. The molecule has 3 atom stereocenters. The molecule has 0 aromatic heterocycles. The highest BCUT2D eigenvalue weighted by molar-refractivity contribution is 5.16. The summed E-state index contributed by atoms with van der Waals surface area (Å²) in [5.41, 5.74) is 1.09. The van der Waals surface area contributed by atoms with E-state index in [0.29, 0.717) is 0 Å². The van der Waals surface area contributed by atoms with Crippen molar-refractivity contribution >= 4 is 0 Å². The summed E-state index contributed by atoms with van der Waals surface area (Å²) in [6, 6.07) is 6.85. The van der Waals surface area contributed by atoms with E-state index in [9.17, 15) is 9.50 Å². The molecular weight excluding hydrogens is 241 g/mol. The maximum Gasteiger partial charge on any atom is 0.123 e. The van der Waals surface area contributed by atoms with E-state index >= 15 is 0 Å². The van der Waals surface area contributed by atoms with Crippen LogP contribution in [0.5, 0.6) is 0 Å². The first-order chi connectivity index (χ1) is 9.10. The molecule has 1 saturated carbocycles. The Hall–Kier alpha value is -0.930. The Morgan fingerprint density at radius 2 is 1.95 bits per heavy atom. The second-order valence-electron chi connectivity index (χ2n) is 5.76. The highest BCUT2D eigenvalue weighted by Crippen LogP contribution is 2.30. The van der Waals surface area contributed by atoms with Crippen LogP contribution < -0.4 is 0 Å². The summed E-state index contributed by atoms with van der Waals surface area (Å²) >= 11 is 0. The first-order valence-electron chi connectivity index (χ1n) is 7.23. The Kier molecular flexibility index (Phi) is 4.94. The van der Waals surface area contributed by atoms with Gasteiger partial charge in [-0.25, -0.2) is 4.39 Å². The van der Waals surface area contributed by atoms with Gasteiger partial charge in [-0.05, 0) is 49.9 Å². The second kappa shape index (κ2) is 6.49. The standard InChI is InChI=1S/C16H24FNO/c1-3-12-6-9-16(19)15(10-12)18(2)11-13-4-7-14(17)8-5-13/h4-5,7-8,12,15-16,19H,3,6,9-11H2,1-2H3. The fraction of sp³-hybridized carbons (Fsp3) is 0.625. The Balaban J connectivity index is 1.97. The summed E-state index contributed by atoms with van der Waals surface area (Å²) in [5, 5.41) is 10.2. The zero-order valence-electron chi connectivity index (χ0n) is 11.8. The molecule has 0 bridgehead atoms. The van der Waals surface area contributed by atoms with E-state index in [1.807, 2.05) is 12.1 Å². The Labute approximate surface area is 115 Å². The van der Waals surface area contributed by atoms with Gasteiger partial charge in [0.05, 0.1) is 6.10 Å². The lowest BCUT2D eigenvalue weighted by Gasteiger charge is -2.38. The topological polar surface area (TPSA) is 23.5 Å². The molecule has 0 spiro atoms. The van der Waals surface area contributed by atoms with E-state index in [0.717, 1.165) is 37.3 Å². The van der Waals surface area contributed by atoms with Crippen molar-refractivity contribution in [3.05, 3.63) is 35.6 Å². The Morgan fingerprint density at radius 1 is 1.26 bits per heavy atom. The number of benzene rings is 1. The third kappa shape index (κ3) is 3.77. The molecule has 106 valence electrons. The summed E-state index contributed by atoms with van der Waals surface area (Å²) in [7, 11) is 2.05. The molecule has 0 amide bonds. The van der Waals surface area contributed by atoms with Crippen molar-refractivity contribution in [2.45, 2.75) is 51.3 Å². The van der Waals surface area contributed by atoms with Crippen LogP contribution in [-0.4, -0.2) is 29.2 Å². The first-order valence-corrected chi connectivity index (χ1v) is 7.23. The minimum atomic E-state index is -0.228. The lowest BCUT2D eigenvalue weighted by atomic mass is 9.81.